The van der Waals surface area contributed by atoms with E-state index >= 15 is 0 Å². The summed E-state index contributed by atoms with van der Waals surface area (Å²) in [6, 6.07) is 0. The maximum Gasteiger partial charge on any atom is 0.219 e. The lowest BCUT2D eigenvalue weighted by atomic mass is 9.56. The molecule has 5 rings (SSSR count). The normalized spacial score (nSPS) is 54.5. The second-order valence-electron chi connectivity index (χ2n) is 8.52. The number of amides is 1. The van der Waals surface area contributed by atoms with Crippen molar-refractivity contribution in [3.8, 4) is 0 Å². The van der Waals surface area contributed by atoms with Crippen molar-refractivity contribution in [1.82, 2.24) is 5.32 Å². The highest BCUT2D eigenvalue weighted by Crippen LogP contribution is 2.61. The molecular weight excluding hydrogens is 329 g/mol. The predicted molar refractivity (Wildman–Crippen MR) is 85.6 cm³/mol. The third-order valence-electron chi connectivity index (χ3n) is 7.02. The van der Waals surface area contributed by atoms with E-state index in [-0.39, 0.29) is 23.7 Å². The summed E-state index contributed by atoms with van der Waals surface area (Å²) in [5, 5.41) is 2.72. The third-order valence-corrected chi connectivity index (χ3v) is 7.02. The lowest BCUT2D eigenvalue weighted by Gasteiger charge is -2.62. The van der Waals surface area contributed by atoms with Gasteiger partial charge in [0.25, 0.3) is 0 Å². The number of ether oxygens (including phenoxy) is 2. The number of nitrogens with one attached hydrogen (secondary N) is 1. The smallest absolute Gasteiger partial charge is 0.219 e. The van der Waals surface area contributed by atoms with Crippen molar-refractivity contribution in [2.45, 2.75) is 76.8 Å². The van der Waals surface area contributed by atoms with Gasteiger partial charge >= 0.3 is 0 Å². The molecule has 25 heavy (non-hydrogen) atoms. The van der Waals surface area contributed by atoms with Gasteiger partial charge in [0.05, 0.1) is 0 Å². The van der Waals surface area contributed by atoms with Crippen LogP contribution in [0.3, 0.4) is 0 Å². The minimum Gasteiger partial charge on any atom is -0.326 e. The van der Waals surface area contributed by atoms with Gasteiger partial charge < -0.3 is 14.8 Å². The summed E-state index contributed by atoms with van der Waals surface area (Å²) in [5.74, 6) is -0.835. The largest absolute Gasteiger partial charge is 0.326 e. The second kappa shape index (κ2) is 5.62. The predicted octanol–water partition coefficient (Wildman–Crippen LogP) is 2.67. The number of rotatable bonds is 2. The first kappa shape index (κ1) is 17.6. The Balaban J connectivity index is 1.80. The first-order valence-electron chi connectivity index (χ1n) is 9.33. The van der Waals surface area contributed by atoms with Crippen molar-refractivity contribution in [2.75, 3.05) is 6.67 Å². The lowest BCUT2D eigenvalue weighted by Crippen LogP contribution is -2.76. The summed E-state index contributed by atoms with van der Waals surface area (Å²) in [7, 11) is 0. The Morgan fingerprint density at radius 2 is 1.92 bits per heavy atom. The summed E-state index contributed by atoms with van der Waals surface area (Å²) in [6.45, 7) is 6.56. The van der Waals surface area contributed by atoms with Gasteiger partial charge in [0.2, 0.25) is 11.7 Å². The molecule has 7 heteroatoms. The van der Waals surface area contributed by atoms with E-state index in [9.17, 15) is 9.18 Å². The van der Waals surface area contributed by atoms with E-state index < -0.39 is 30.1 Å². The minimum absolute atomic E-state index is 0.0160. The Bertz CT molecular complexity index is 576. The summed E-state index contributed by atoms with van der Waals surface area (Å²) in [5.41, 5.74) is -2.13. The van der Waals surface area contributed by atoms with Crippen LogP contribution in [0.5, 0.6) is 0 Å². The van der Waals surface area contributed by atoms with E-state index in [0.717, 1.165) is 19.3 Å². The topological polar surface area (TPSA) is 66.0 Å². The molecule has 0 aromatic rings. The number of fused-ring (bicyclic) bond motifs is 2. The van der Waals surface area contributed by atoms with Gasteiger partial charge in [0.15, 0.2) is 17.6 Å². The lowest BCUT2D eigenvalue weighted by molar-refractivity contribution is -0.577. The van der Waals surface area contributed by atoms with E-state index in [1.54, 1.807) is 0 Å². The van der Waals surface area contributed by atoms with Gasteiger partial charge in [-0.3, -0.25) is 4.79 Å². The molecule has 5 aliphatic rings. The molecule has 5 fully saturated rings. The highest BCUT2D eigenvalue weighted by molar-refractivity contribution is 5.73. The highest BCUT2D eigenvalue weighted by Gasteiger charge is 2.72. The van der Waals surface area contributed by atoms with Crippen LogP contribution in [0.4, 0.5) is 4.39 Å². The standard InChI is InChI=1S/C18H28FNO5/c1-10-5-6-14-11(2)17(9-19,20-12(3)21)23-15-18(14)13(10)7-8-16(4,22-15)24-25-18/h10-11,13-15H,5-9H2,1-4H3,(H,20,21)/t10-,11?,13?,14+,15+,16+,17+,18-/m1/s1. The van der Waals surface area contributed by atoms with Crippen LogP contribution >= 0.6 is 0 Å². The molecule has 1 amide bonds. The highest BCUT2D eigenvalue weighted by atomic mass is 19.1. The first-order valence-corrected chi connectivity index (χ1v) is 9.33. The minimum atomic E-state index is -1.39. The van der Waals surface area contributed by atoms with E-state index in [0.29, 0.717) is 12.3 Å². The summed E-state index contributed by atoms with van der Waals surface area (Å²) < 4.78 is 26.5. The SMILES string of the molecule is CC(=O)N[C@@]1(CF)O[C@@H]2O[C@]3(C)CCC4[C@H](C)CC[C@@H](C1C)[C@]42OO3. The van der Waals surface area contributed by atoms with E-state index in [1.807, 2.05) is 13.8 Å². The Morgan fingerprint density at radius 1 is 1.16 bits per heavy atom. The zero-order chi connectivity index (χ0) is 18.0. The third kappa shape index (κ3) is 2.32. The number of carbonyl (C=O) groups excluding carboxylic acids is 1. The molecule has 2 bridgehead atoms. The number of alkyl halides is 1. The van der Waals surface area contributed by atoms with Crippen molar-refractivity contribution >= 4 is 5.91 Å². The molecule has 4 heterocycles. The molecule has 1 aliphatic carbocycles. The Kier molecular flexibility index (Phi) is 3.96. The summed E-state index contributed by atoms with van der Waals surface area (Å²) in [6.07, 6.45) is 2.77. The quantitative estimate of drug-likeness (QED) is 0.770. The van der Waals surface area contributed by atoms with Crippen molar-refractivity contribution in [2.24, 2.45) is 23.7 Å². The molecule has 1 spiro atoms. The molecule has 4 saturated heterocycles. The molecule has 8 atom stereocenters. The van der Waals surface area contributed by atoms with Crippen LogP contribution in [-0.2, 0) is 24.0 Å². The molecule has 1 N–H and O–H groups in total. The zero-order valence-corrected chi connectivity index (χ0v) is 15.3. The molecule has 6 nitrogen and oxygen atoms in total. The van der Waals surface area contributed by atoms with Crippen LogP contribution in [0.15, 0.2) is 0 Å². The van der Waals surface area contributed by atoms with Crippen LogP contribution in [0.2, 0.25) is 0 Å². The maximum absolute atomic E-state index is 14.2. The first-order chi connectivity index (χ1) is 11.8. The second-order valence-corrected chi connectivity index (χ2v) is 8.52. The van der Waals surface area contributed by atoms with Crippen LogP contribution in [0.25, 0.3) is 0 Å². The molecule has 2 unspecified atom stereocenters. The average molecular weight is 357 g/mol. The van der Waals surface area contributed by atoms with Crippen LogP contribution < -0.4 is 5.32 Å². The van der Waals surface area contributed by atoms with Crippen molar-refractivity contribution in [1.29, 1.82) is 0 Å². The summed E-state index contributed by atoms with van der Waals surface area (Å²) >= 11 is 0. The Labute approximate surface area is 147 Å². The van der Waals surface area contributed by atoms with E-state index in [4.69, 9.17) is 19.2 Å². The average Bonchev–Trinajstić information content (AvgIpc) is 2.78. The fraction of sp³-hybridized carbons (Fsp3) is 0.944. The van der Waals surface area contributed by atoms with E-state index in [2.05, 4.69) is 12.2 Å². The zero-order valence-electron chi connectivity index (χ0n) is 15.3. The monoisotopic (exact) mass is 357 g/mol. The molecule has 142 valence electrons. The molecule has 4 aliphatic heterocycles. The van der Waals surface area contributed by atoms with Gasteiger partial charge in [-0.15, -0.1) is 0 Å². The fourth-order valence-electron chi connectivity index (χ4n) is 5.64. The van der Waals surface area contributed by atoms with Crippen LogP contribution in [0.1, 0.15) is 53.4 Å². The number of hydrogen-bond acceptors (Lipinski definition) is 5. The van der Waals surface area contributed by atoms with Gasteiger partial charge in [-0.1, -0.05) is 13.8 Å². The van der Waals surface area contributed by atoms with Crippen LogP contribution in [0, 0.1) is 23.7 Å². The molecular formula is C18H28FNO5. The van der Waals surface area contributed by atoms with Crippen molar-refractivity contribution < 1.29 is 28.4 Å². The van der Waals surface area contributed by atoms with Gasteiger partial charge in [-0.05, 0) is 38.0 Å². The van der Waals surface area contributed by atoms with Gasteiger partial charge in [-0.25, -0.2) is 14.2 Å². The maximum atomic E-state index is 14.2. The fourth-order valence-corrected chi connectivity index (χ4v) is 5.64. The van der Waals surface area contributed by atoms with E-state index in [1.165, 1.54) is 6.92 Å². The number of halogens is 1. The van der Waals surface area contributed by atoms with Crippen molar-refractivity contribution in [3.05, 3.63) is 0 Å². The molecule has 0 aromatic heterocycles. The van der Waals surface area contributed by atoms with Gasteiger partial charge in [-0.2, -0.15) is 0 Å². The van der Waals surface area contributed by atoms with Crippen LogP contribution in [-0.4, -0.2) is 36.0 Å². The number of carbonyl (C=O) groups is 1. The number of hydrogen-bond donors (Lipinski definition) is 1. The van der Waals surface area contributed by atoms with Crippen molar-refractivity contribution in [3.63, 3.8) is 0 Å². The molecule has 1 saturated carbocycles. The van der Waals surface area contributed by atoms with Gasteiger partial charge in [0.1, 0.15) is 6.67 Å². The van der Waals surface area contributed by atoms with Gasteiger partial charge in [0, 0.05) is 25.2 Å². The Morgan fingerprint density at radius 3 is 2.60 bits per heavy atom. The Hall–Kier alpha value is -0.760. The summed E-state index contributed by atoms with van der Waals surface area (Å²) in [4.78, 5) is 23.5. The molecule has 0 radical (unpaired) electrons. The molecule has 0 aromatic carbocycles.